The first-order valence-corrected chi connectivity index (χ1v) is 8.35. The van der Waals surface area contributed by atoms with Gasteiger partial charge in [-0.1, -0.05) is 72.8 Å². The molecule has 0 fully saturated rings. The molecule has 0 spiro atoms. The third-order valence-corrected chi connectivity index (χ3v) is 3.85. The SMILES string of the molecule is O=C(NCCC=C(c1ccccc1)c1ccccc1)c1ccccn1. The summed E-state index contributed by atoms with van der Waals surface area (Å²) in [5.74, 6) is -0.144. The van der Waals surface area contributed by atoms with E-state index in [1.807, 2.05) is 42.5 Å². The standard InChI is InChI=1S/C22H20N2O/c25-22(21-15-7-8-16-23-21)24-17-9-14-20(18-10-3-1-4-11-18)19-12-5-2-6-13-19/h1-8,10-16H,9,17H2,(H,24,25). The van der Waals surface area contributed by atoms with Gasteiger partial charge >= 0.3 is 0 Å². The Balaban J connectivity index is 1.69. The van der Waals surface area contributed by atoms with Crippen molar-refractivity contribution in [3.63, 3.8) is 0 Å². The van der Waals surface area contributed by atoms with Crippen LogP contribution in [0.3, 0.4) is 0 Å². The monoisotopic (exact) mass is 328 g/mol. The van der Waals surface area contributed by atoms with Crippen molar-refractivity contribution in [2.45, 2.75) is 6.42 Å². The van der Waals surface area contributed by atoms with Gasteiger partial charge in [-0.25, -0.2) is 0 Å². The number of pyridine rings is 1. The van der Waals surface area contributed by atoms with Crippen molar-refractivity contribution in [2.75, 3.05) is 6.54 Å². The van der Waals surface area contributed by atoms with Crippen LogP contribution in [0.2, 0.25) is 0 Å². The second-order valence-corrected chi connectivity index (χ2v) is 5.61. The minimum absolute atomic E-state index is 0.144. The third-order valence-electron chi connectivity index (χ3n) is 3.85. The molecule has 3 aromatic rings. The summed E-state index contributed by atoms with van der Waals surface area (Å²) in [6, 6.07) is 25.9. The van der Waals surface area contributed by atoms with E-state index < -0.39 is 0 Å². The number of nitrogens with one attached hydrogen (secondary N) is 1. The smallest absolute Gasteiger partial charge is 0.269 e. The lowest BCUT2D eigenvalue weighted by atomic mass is 9.97. The van der Waals surface area contributed by atoms with E-state index in [2.05, 4.69) is 40.6 Å². The fraction of sp³-hybridized carbons (Fsp3) is 0.0909. The van der Waals surface area contributed by atoms with Gasteiger partial charge in [0.15, 0.2) is 0 Å². The Bertz CT molecular complexity index is 786. The molecule has 1 amide bonds. The quantitative estimate of drug-likeness (QED) is 0.684. The number of hydrogen-bond donors (Lipinski definition) is 1. The number of amides is 1. The summed E-state index contributed by atoms with van der Waals surface area (Å²) in [6.07, 6.45) is 4.54. The Kier molecular flexibility index (Phi) is 5.73. The number of aromatic nitrogens is 1. The largest absolute Gasteiger partial charge is 0.350 e. The predicted octanol–water partition coefficient (Wildman–Crippen LogP) is 4.33. The lowest BCUT2D eigenvalue weighted by Gasteiger charge is -2.09. The van der Waals surface area contributed by atoms with Crippen molar-refractivity contribution in [1.29, 1.82) is 0 Å². The van der Waals surface area contributed by atoms with Gasteiger partial charge in [0.25, 0.3) is 5.91 Å². The van der Waals surface area contributed by atoms with Crippen molar-refractivity contribution < 1.29 is 4.79 Å². The second kappa shape index (κ2) is 8.60. The van der Waals surface area contributed by atoms with Crippen LogP contribution in [0.25, 0.3) is 5.57 Å². The summed E-state index contributed by atoms with van der Waals surface area (Å²) >= 11 is 0. The maximum absolute atomic E-state index is 12.0. The summed E-state index contributed by atoms with van der Waals surface area (Å²) < 4.78 is 0. The first-order valence-electron chi connectivity index (χ1n) is 8.35. The number of nitrogens with zero attached hydrogens (tertiary/aromatic N) is 1. The zero-order chi connectivity index (χ0) is 17.3. The lowest BCUT2D eigenvalue weighted by Crippen LogP contribution is -2.24. The molecule has 0 aliphatic heterocycles. The molecular formula is C22H20N2O. The molecular weight excluding hydrogens is 308 g/mol. The molecule has 0 saturated carbocycles. The van der Waals surface area contributed by atoms with Crippen LogP contribution in [0.4, 0.5) is 0 Å². The lowest BCUT2D eigenvalue weighted by molar-refractivity contribution is 0.0949. The zero-order valence-electron chi connectivity index (χ0n) is 13.9. The Morgan fingerprint density at radius 3 is 2.00 bits per heavy atom. The Morgan fingerprint density at radius 1 is 0.840 bits per heavy atom. The number of rotatable bonds is 6. The van der Waals surface area contributed by atoms with Crippen LogP contribution in [-0.4, -0.2) is 17.4 Å². The van der Waals surface area contributed by atoms with E-state index in [4.69, 9.17) is 0 Å². The topological polar surface area (TPSA) is 42.0 Å². The van der Waals surface area contributed by atoms with E-state index in [0.29, 0.717) is 12.2 Å². The van der Waals surface area contributed by atoms with Gasteiger partial charge < -0.3 is 5.32 Å². The molecule has 1 aromatic heterocycles. The molecule has 1 heterocycles. The van der Waals surface area contributed by atoms with E-state index in [1.165, 1.54) is 16.7 Å². The number of hydrogen-bond acceptors (Lipinski definition) is 2. The summed E-state index contributed by atoms with van der Waals surface area (Å²) in [4.78, 5) is 16.1. The van der Waals surface area contributed by atoms with Crippen molar-refractivity contribution >= 4 is 11.5 Å². The van der Waals surface area contributed by atoms with Crippen LogP contribution in [0.1, 0.15) is 28.0 Å². The molecule has 3 rings (SSSR count). The minimum atomic E-state index is -0.144. The fourth-order valence-electron chi connectivity index (χ4n) is 2.63. The molecule has 0 bridgehead atoms. The van der Waals surface area contributed by atoms with E-state index >= 15 is 0 Å². The number of benzene rings is 2. The highest BCUT2D eigenvalue weighted by Gasteiger charge is 2.06. The van der Waals surface area contributed by atoms with E-state index in [-0.39, 0.29) is 5.91 Å². The van der Waals surface area contributed by atoms with Crippen LogP contribution in [0.5, 0.6) is 0 Å². The van der Waals surface area contributed by atoms with E-state index in [0.717, 1.165) is 6.42 Å². The Labute approximate surface area is 148 Å². The van der Waals surface area contributed by atoms with Gasteiger partial charge in [-0.15, -0.1) is 0 Å². The molecule has 0 aliphatic rings. The van der Waals surface area contributed by atoms with Gasteiger partial charge in [0, 0.05) is 12.7 Å². The molecule has 0 radical (unpaired) electrons. The summed E-state index contributed by atoms with van der Waals surface area (Å²) in [7, 11) is 0. The highest BCUT2D eigenvalue weighted by Crippen LogP contribution is 2.23. The fourth-order valence-corrected chi connectivity index (χ4v) is 2.63. The van der Waals surface area contributed by atoms with Crippen LogP contribution < -0.4 is 5.32 Å². The van der Waals surface area contributed by atoms with E-state index in [9.17, 15) is 4.79 Å². The first kappa shape index (κ1) is 16.7. The van der Waals surface area contributed by atoms with Gasteiger partial charge in [0.05, 0.1) is 0 Å². The van der Waals surface area contributed by atoms with Gasteiger partial charge in [-0.3, -0.25) is 9.78 Å². The van der Waals surface area contributed by atoms with Crippen molar-refractivity contribution in [1.82, 2.24) is 10.3 Å². The van der Waals surface area contributed by atoms with Gasteiger partial charge in [-0.2, -0.15) is 0 Å². The molecule has 0 unspecified atom stereocenters. The van der Waals surface area contributed by atoms with Crippen molar-refractivity contribution in [3.8, 4) is 0 Å². The predicted molar refractivity (Wildman–Crippen MR) is 101 cm³/mol. The average molecular weight is 328 g/mol. The Morgan fingerprint density at radius 2 is 1.44 bits per heavy atom. The minimum Gasteiger partial charge on any atom is -0.350 e. The number of carbonyl (C=O) groups excluding carboxylic acids is 1. The van der Waals surface area contributed by atoms with Crippen LogP contribution in [0.15, 0.2) is 91.1 Å². The molecule has 0 aliphatic carbocycles. The Hall–Kier alpha value is -3.20. The van der Waals surface area contributed by atoms with E-state index in [1.54, 1.807) is 18.3 Å². The van der Waals surface area contributed by atoms with Crippen molar-refractivity contribution in [2.24, 2.45) is 0 Å². The van der Waals surface area contributed by atoms with Gasteiger partial charge in [-0.05, 0) is 35.3 Å². The summed E-state index contributed by atoms with van der Waals surface area (Å²) in [6.45, 7) is 0.568. The van der Waals surface area contributed by atoms with Gasteiger partial charge in [0.2, 0.25) is 0 Å². The second-order valence-electron chi connectivity index (χ2n) is 5.61. The highest BCUT2D eigenvalue weighted by molar-refractivity contribution is 5.92. The molecule has 3 nitrogen and oxygen atoms in total. The zero-order valence-corrected chi connectivity index (χ0v) is 13.9. The third kappa shape index (κ3) is 4.64. The number of carbonyl (C=O) groups is 1. The summed E-state index contributed by atoms with van der Waals surface area (Å²) in [5.41, 5.74) is 3.96. The van der Waals surface area contributed by atoms with Gasteiger partial charge in [0.1, 0.15) is 5.69 Å². The maximum Gasteiger partial charge on any atom is 0.269 e. The maximum atomic E-state index is 12.0. The molecule has 25 heavy (non-hydrogen) atoms. The molecule has 124 valence electrons. The molecule has 0 saturated heterocycles. The van der Waals surface area contributed by atoms with Crippen LogP contribution in [0, 0.1) is 0 Å². The normalized spacial score (nSPS) is 10.1. The molecule has 2 aromatic carbocycles. The average Bonchev–Trinajstić information content (AvgIpc) is 2.70. The molecule has 1 N–H and O–H groups in total. The van der Waals surface area contributed by atoms with Crippen LogP contribution in [-0.2, 0) is 0 Å². The first-order chi connectivity index (χ1) is 12.3. The highest BCUT2D eigenvalue weighted by atomic mass is 16.1. The summed E-state index contributed by atoms with van der Waals surface area (Å²) in [5, 5.41) is 2.91. The molecule has 3 heteroatoms. The molecule has 0 atom stereocenters. The van der Waals surface area contributed by atoms with Crippen LogP contribution >= 0.6 is 0 Å². The van der Waals surface area contributed by atoms with Crippen molar-refractivity contribution in [3.05, 3.63) is 108 Å².